The van der Waals surface area contributed by atoms with Crippen LogP contribution in [0.25, 0.3) is 0 Å². The number of hydrogen-bond acceptors (Lipinski definition) is 4. The van der Waals surface area contributed by atoms with Gasteiger partial charge >= 0.3 is 5.97 Å². The lowest BCUT2D eigenvalue weighted by atomic mass is 9.94. The summed E-state index contributed by atoms with van der Waals surface area (Å²) < 4.78 is 0. The predicted octanol–water partition coefficient (Wildman–Crippen LogP) is 4.09. The van der Waals surface area contributed by atoms with E-state index in [2.05, 4.69) is 15.1 Å². The summed E-state index contributed by atoms with van der Waals surface area (Å²) >= 11 is 0. The van der Waals surface area contributed by atoms with Crippen LogP contribution in [0.1, 0.15) is 52.8 Å². The molecule has 0 unspecified atom stereocenters. The van der Waals surface area contributed by atoms with E-state index in [1.807, 2.05) is 12.1 Å². The summed E-state index contributed by atoms with van der Waals surface area (Å²) in [6.07, 6.45) is 6.64. The third-order valence-corrected chi connectivity index (χ3v) is 6.29. The first-order valence-corrected chi connectivity index (χ1v) is 10.8. The van der Waals surface area contributed by atoms with E-state index >= 15 is 0 Å². The molecule has 4 rings (SSSR count). The number of carboxylic acids is 1. The van der Waals surface area contributed by atoms with Crippen molar-refractivity contribution in [2.24, 2.45) is 0 Å². The van der Waals surface area contributed by atoms with E-state index in [1.54, 1.807) is 36.4 Å². The number of aromatic carboxylic acids is 1. The number of rotatable bonds is 5. The Bertz CT molecular complexity index is 886. The normalized spacial score (nSPS) is 18.2. The average molecular weight is 408 g/mol. The van der Waals surface area contributed by atoms with E-state index in [9.17, 15) is 14.7 Å². The second-order valence-corrected chi connectivity index (χ2v) is 8.17. The summed E-state index contributed by atoms with van der Waals surface area (Å²) in [6.45, 7) is 3.82. The average Bonchev–Trinajstić information content (AvgIpc) is 2.80. The van der Waals surface area contributed by atoms with Crippen LogP contribution in [0.5, 0.6) is 0 Å². The number of carboxylic acid groups (broad SMARTS) is 1. The third kappa shape index (κ3) is 4.65. The zero-order valence-electron chi connectivity index (χ0n) is 17.2. The standard InChI is InChI=1S/C24H29N3O3/c28-23(18-7-3-1-4-8-18)25-22-12-11-20(17-21(22)24(29)30)27-15-13-26(14-16-27)19-9-5-2-6-10-19/h1,3-4,7-8,11-12,17,19H,2,5-6,9-10,13-16H2,(H,25,28)(H,29,30). The fourth-order valence-electron chi connectivity index (χ4n) is 4.59. The zero-order valence-corrected chi connectivity index (χ0v) is 17.2. The Labute approximate surface area is 177 Å². The molecule has 6 heteroatoms. The van der Waals surface area contributed by atoms with Gasteiger partial charge in [-0.1, -0.05) is 37.5 Å². The molecule has 2 aliphatic rings. The van der Waals surface area contributed by atoms with Crippen molar-refractivity contribution in [3.05, 3.63) is 59.7 Å². The van der Waals surface area contributed by atoms with Crippen molar-refractivity contribution in [1.82, 2.24) is 4.90 Å². The second kappa shape index (κ2) is 9.30. The topological polar surface area (TPSA) is 72.9 Å². The van der Waals surface area contributed by atoms with Gasteiger partial charge in [-0.3, -0.25) is 9.69 Å². The number of piperazine rings is 1. The van der Waals surface area contributed by atoms with Crippen molar-refractivity contribution in [2.45, 2.75) is 38.1 Å². The van der Waals surface area contributed by atoms with Gasteiger partial charge in [0.2, 0.25) is 0 Å². The van der Waals surface area contributed by atoms with Crippen LogP contribution in [-0.4, -0.2) is 54.1 Å². The molecule has 6 nitrogen and oxygen atoms in total. The number of carbonyl (C=O) groups is 2. The predicted molar refractivity (Wildman–Crippen MR) is 118 cm³/mol. The van der Waals surface area contributed by atoms with E-state index in [-0.39, 0.29) is 11.5 Å². The molecule has 0 atom stereocenters. The van der Waals surface area contributed by atoms with Crippen LogP contribution in [-0.2, 0) is 0 Å². The third-order valence-electron chi connectivity index (χ3n) is 6.29. The number of anilines is 2. The van der Waals surface area contributed by atoms with Gasteiger partial charge in [-0.05, 0) is 43.2 Å². The number of nitrogens with zero attached hydrogens (tertiary/aromatic N) is 2. The van der Waals surface area contributed by atoms with Gasteiger partial charge in [-0.15, -0.1) is 0 Å². The Kier molecular flexibility index (Phi) is 6.33. The van der Waals surface area contributed by atoms with Crippen molar-refractivity contribution < 1.29 is 14.7 Å². The summed E-state index contributed by atoms with van der Waals surface area (Å²) in [6, 6.07) is 14.8. The van der Waals surface area contributed by atoms with Gasteiger partial charge in [-0.2, -0.15) is 0 Å². The molecule has 1 heterocycles. The quantitative estimate of drug-likeness (QED) is 0.781. The molecular weight excluding hydrogens is 378 g/mol. The molecule has 0 radical (unpaired) electrons. The largest absolute Gasteiger partial charge is 0.478 e. The first-order valence-electron chi connectivity index (χ1n) is 10.8. The van der Waals surface area contributed by atoms with Gasteiger partial charge in [0.05, 0.1) is 11.3 Å². The Morgan fingerprint density at radius 3 is 2.27 bits per heavy atom. The number of nitrogens with one attached hydrogen (secondary N) is 1. The second-order valence-electron chi connectivity index (χ2n) is 8.17. The minimum Gasteiger partial charge on any atom is -0.478 e. The molecule has 1 amide bonds. The Hall–Kier alpha value is -2.86. The fourth-order valence-corrected chi connectivity index (χ4v) is 4.59. The lowest BCUT2D eigenvalue weighted by Crippen LogP contribution is -2.50. The first-order chi connectivity index (χ1) is 14.6. The van der Waals surface area contributed by atoms with E-state index < -0.39 is 5.97 Å². The lowest BCUT2D eigenvalue weighted by Gasteiger charge is -2.41. The molecule has 0 aromatic heterocycles. The molecule has 1 saturated heterocycles. The van der Waals surface area contributed by atoms with Crippen molar-refractivity contribution in [3.8, 4) is 0 Å². The number of carbonyl (C=O) groups excluding carboxylic acids is 1. The van der Waals surface area contributed by atoms with Crippen LogP contribution in [0.3, 0.4) is 0 Å². The zero-order chi connectivity index (χ0) is 20.9. The van der Waals surface area contributed by atoms with Gasteiger partial charge in [0.25, 0.3) is 5.91 Å². The fraction of sp³-hybridized carbons (Fsp3) is 0.417. The molecule has 1 saturated carbocycles. The molecule has 2 fully saturated rings. The monoisotopic (exact) mass is 407 g/mol. The van der Waals surface area contributed by atoms with Crippen molar-refractivity contribution in [2.75, 3.05) is 36.4 Å². The number of amides is 1. The maximum Gasteiger partial charge on any atom is 0.337 e. The van der Waals surface area contributed by atoms with Crippen LogP contribution < -0.4 is 10.2 Å². The molecule has 158 valence electrons. The Morgan fingerprint density at radius 2 is 1.60 bits per heavy atom. The summed E-state index contributed by atoms with van der Waals surface area (Å²) in [4.78, 5) is 29.1. The Morgan fingerprint density at radius 1 is 0.900 bits per heavy atom. The van der Waals surface area contributed by atoms with Crippen molar-refractivity contribution >= 4 is 23.3 Å². The maximum atomic E-state index is 12.4. The minimum absolute atomic E-state index is 0.117. The van der Waals surface area contributed by atoms with Gasteiger partial charge in [0.15, 0.2) is 0 Å². The summed E-state index contributed by atoms with van der Waals surface area (Å²) in [5.74, 6) is -1.35. The molecule has 1 aliphatic carbocycles. The molecule has 2 aromatic carbocycles. The van der Waals surface area contributed by atoms with E-state index in [0.29, 0.717) is 17.3 Å². The summed E-state index contributed by atoms with van der Waals surface area (Å²) in [7, 11) is 0. The Balaban J connectivity index is 1.44. The van der Waals surface area contributed by atoms with Crippen LogP contribution >= 0.6 is 0 Å². The highest BCUT2D eigenvalue weighted by molar-refractivity contribution is 6.08. The molecule has 30 heavy (non-hydrogen) atoms. The maximum absolute atomic E-state index is 12.4. The molecular formula is C24H29N3O3. The SMILES string of the molecule is O=C(Nc1ccc(N2CCN(C3CCCCC3)CC2)cc1C(=O)O)c1ccccc1. The smallest absolute Gasteiger partial charge is 0.337 e. The highest BCUT2D eigenvalue weighted by atomic mass is 16.4. The van der Waals surface area contributed by atoms with Gasteiger partial charge in [-0.25, -0.2) is 4.79 Å². The van der Waals surface area contributed by atoms with Gasteiger partial charge in [0, 0.05) is 43.5 Å². The molecule has 1 aliphatic heterocycles. The highest BCUT2D eigenvalue weighted by Crippen LogP contribution is 2.27. The van der Waals surface area contributed by atoms with Gasteiger partial charge < -0.3 is 15.3 Å². The molecule has 2 N–H and O–H groups in total. The van der Waals surface area contributed by atoms with E-state index in [0.717, 1.165) is 31.9 Å². The van der Waals surface area contributed by atoms with Crippen LogP contribution in [0.4, 0.5) is 11.4 Å². The van der Waals surface area contributed by atoms with E-state index in [4.69, 9.17) is 0 Å². The number of hydrogen-bond donors (Lipinski definition) is 2. The molecule has 2 aromatic rings. The summed E-state index contributed by atoms with van der Waals surface area (Å²) in [5.41, 5.74) is 1.83. The van der Waals surface area contributed by atoms with Gasteiger partial charge in [0.1, 0.15) is 0 Å². The number of benzene rings is 2. The molecule has 0 bridgehead atoms. The van der Waals surface area contributed by atoms with Crippen LogP contribution in [0, 0.1) is 0 Å². The first kappa shape index (κ1) is 20.4. The van der Waals surface area contributed by atoms with Crippen molar-refractivity contribution in [3.63, 3.8) is 0 Å². The molecule has 0 spiro atoms. The van der Waals surface area contributed by atoms with Crippen LogP contribution in [0.15, 0.2) is 48.5 Å². The lowest BCUT2D eigenvalue weighted by molar-refractivity contribution is 0.0698. The minimum atomic E-state index is -1.04. The highest BCUT2D eigenvalue weighted by Gasteiger charge is 2.26. The van der Waals surface area contributed by atoms with Crippen LogP contribution in [0.2, 0.25) is 0 Å². The van der Waals surface area contributed by atoms with E-state index in [1.165, 1.54) is 32.1 Å². The van der Waals surface area contributed by atoms with Crippen molar-refractivity contribution in [1.29, 1.82) is 0 Å². The summed E-state index contributed by atoms with van der Waals surface area (Å²) in [5, 5.41) is 12.4.